The SMILES string of the molecule is COc1cc(Br)cc([C@@H](N)CF)c1O.Cl. The molecule has 0 aliphatic carbocycles. The van der Waals surface area contributed by atoms with Crippen molar-refractivity contribution in [3.05, 3.63) is 22.2 Å². The van der Waals surface area contributed by atoms with E-state index in [0.29, 0.717) is 10.0 Å². The maximum absolute atomic E-state index is 12.3. The second-order valence-corrected chi connectivity index (χ2v) is 3.72. The minimum atomic E-state index is -0.832. The molecule has 0 saturated carbocycles. The first-order valence-corrected chi connectivity index (χ1v) is 4.77. The number of halogens is 3. The topological polar surface area (TPSA) is 55.5 Å². The second kappa shape index (κ2) is 6.15. The quantitative estimate of drug-likeness (QED) is 0.902. The summed E-state index contributed by atoms with van der Waals surface area (Å²) in [5.41, 5.74) is 5.81. The molecule has 0 heterocycles. The Kier molecular flexibility index (Phi) is 5.93. The number of benzene rings is 1. The van der Waals surface area contributed by atoms with Gasteiger partial charge < -0.3 is 15.6 Å². The Morgan fingerprint density at radius 2 is 2.20 bits per heavy atom. The predicted octanol–water partition coefficient (Wildman–Crippen LogP) is 2.55. The van der Waals surface area contributed by atoms with Crippen molar-refractivity contribution in [3.8, 4) is 11.5 Å². The van der Waals surface area contributed by atoms with E-state index in [1.807, 2.05) is 0 Å². The molecule has 86 valence electrons. The molecule has 15 heavy (non-hydrogen) atoms. The maximum atomic E-state index is 12.3. The predicted molar refractivity (Wildman–Crippen MR) is 62.5 cm³/mol. The van der Waals surface area contributed by atoms with Crippen LogP contribution >= 0.6 is 28.3 Å². The average molecular weight is 301 g/mol. The molecule has 1 atom stereocenters. The number of aromatic hydroxyl groups is 1. The number of phenolic OH excluding ortho intramolecular Hbond substituents is 1. The number of hydrogen-bond acceptors (Lipinski definition) is 3. The van der Waals surface area contributed by atoms with Crippen LogP contribution in [0.5, 0.6) is 11.5 Å². The van der Waals surface area contributed by atoms with E-state index in [4.69, 9.17) is 10.5 Å². The van der Waals surface area contributed by atoms with Gasteiger partial charge in [-0.25, -0.2) is 4.39 Å². The van der Waals surface area contributed by atoms with Crippen LogP contribution in [0.4, 0.5) is 4.39 Å². The van der Waals surface area contributed by atoms with E-state index in [0.717, 1.165) is 0 Å². The first-order valence-electron chi connectivity index (χ1n) is 3.98. The Morgan fingerprint density at radius 1 is 1.60 bits per heavy atom. The summed E-state index contributed by atoms with van der Waals surface area (Å²) in [4.78, 5) is 0. The van der Waals surface area contributed by atoms with E-state index >= 15 is 0 Å². The van der Waals surface area contributed by atoms with E-state index in [2.05, 4.69) is 15.9 Å². The monoisotopic (exact) mass is 299 g/mol. The van der Waals surface area contributed by atoms with Crippen LogP contribution < -0.4 is 10.5 Å². The number of alkyl halides is 1. The smallest absolute Gasteiger partial charge is 0.162 e. The summed E-state index contributed by atoms with van der Waals surface area (Å²) in [5, 5.41) is 9.62. The zero-order valence-electron chi connectivity index (χ0n) is 8.04. The van der Waals surface area contributed by atoms with Gasteiger partial charge in [0.05, 0.1) is 13.2 Å². The second-order valence-electron chi connectivity index (χ2n) is 2.81. The lowest BCUT2D eigenvalue weighted by atomic mass is 10.1. The number of methoxy groups -OCH3 is 1. The summed E-state index contributed by atoms with van der Waals surface area (Å²) in [7, 11) is 1.42. The highest BCUT2D eigenvalue weighted by atomic mass is 79.9. The Bertz CT molecular complexity index is 338. The highest BCUT2D eigenvalue weighted by molar-refractivity contribution is 9.10. The highest BCUT2D eigenvalue weighted by Crippen LogP contribution is 2.36. The van der Waals surface area contributed by atoms with Crippen molar-refractivity contribution in [2.24, 2.45) is 5.73 Å². The normalized spacial score (nSPS) is 11.7. The molecule has 0 aromatic heterocycles. The first kappa shape index (κ1) is 14.5. The average Bonchev–Trinajstić information content (AvgIpc) is 2.19. The van der Waals surface area contributed by atoms with Gasteiger partial charge in [0.2, 0.25) is 0 Å². The molecular weight excluding hydrogens is 288 g/mol. The Labute approximate surface area is 102 Å². The molecule has 0 spiro atoms. The van der Waals surface area contributed by atoms with E-state index < -0.39 is 12.7 Å². The summed E-state index contributed by atoms with van der Waals surface area (Å²) in [6.07, 6.45) is 0. The molecule has 1 rings (SSSR count). The van der Waals surface area contributed by atoms with Gasteiger partial charge in [0.15, 0.2) is 11.5 Å². The molecule has 0 amide bonds. The number of phenols is 1. The fraction of sp³-hybridized carbons (Fsp3) is 0.333. The van der Waals surface area contributed by atoms with Gasteiger partial charge in [-0.05, 0) is 12.1 Å². The van der Waals surface area contributed by atoms with Gasteiger partial charge >= 0.3 is 0 Å². The molecule has 3 N–H and O–H groups in total. The van der Waals surface area contributed by atoms with E-state index in [9.17, 15) is 9.50 Å². The van der Waals surface area contributed by atoms with Crippen LogP contribution in [-0.4, -0.2) is 18.9 Å². The van der Waals surface area contributed by atoms with Crippen LogP contribution in [0.25, 0.3) is 0 Å². The zero-order chi connectivity index (χ0) is 10.7. The molecule has 0 fully saturated rings. The van der Waals surface area contributed by atoms with Crippen molar-refractivity contribution in [1.29, 1.82) is 0 Å². The van der Waals surface area contributed by atoms with Crippen LogP contribution in [0.1, 0.15) is 11.6 Å². The summed E-state index contributed by atoms with van der Waals surface area (Å²) in [6.45, 7) is -0.729. The van der Waals surface area contributed by atoms with Crippen molar-refractivity contribution >= 4 is 28.3 Å². The van der Waals surface area contributed by atoms with Crippen LogP contribution in [0.3, 0.4) is 0 Å². The maximum Gasteiger partial charge on any atom is 0.162 e. The van der Waals surface area contributed by atoms with Crippen LogP contribution in [-0.2, 0) is 0 Å². The van der Waals surface area contributed by atoms with Gasteiger partial charge in [-0.15, -0.1) is 12.4 Å². The third-order valence-electron chi connectivity index (χ3n) is 1.85. The standard InChI is InChI=1S/C9H11BrFNO2.ClH/c1-14-8-3-5(10)2-6(9(8)13)7(12)4-11;/h2-3,7,13H,4,12H2,1H3;1H/t7-;/m0./s1. The molecule has 6 heteroatoms. The van der Waals surface area contributed by atoms with Gasteiger partial charge in [0, 0.05) is 10.0 Å². The van der Waals surface area contributed by atoms with Crippen LogP contribution in [0.15, 0.2) is 16.6 Å². The largest absolute Gasteiger partial charge is 0.504 e. The molecule has 0 aliphatic rings. The van der Waals surface area contributed by atoms with Gasteiger partial charge in [-0.3, -0.25) is 0 Å². The Hall–Kier alpha value is -0.520. The molecule has 0 unspecified atom stereocenters. The van der Waals surface area contributed by atoms with Gasteiger partial charge in [-0.1, -0.05) is 15.9 Å². The fourth-order valence-corrected chi connectivity index (χ4v) is 1.57. The van der Waals surface area contributed by atoms with Gasteiger partial charge in [-0.2, -0.15) is 0 Å². The lowest BCUT2D eigenvalue weighted by molar-refractivity contribution is 0.362. The molecule has 1 aromatic carbocycles. The van der Waals surface area contributed by atoms with E-state index in [-0.39, 0.29) is 23.9 Å². The lowest BCUT2D eigenvalue weighted by Gasteiger charge is -2.13. The van der Waals surface area contributed by atoms with Crippen molar-refractivity contribution in [2.75, 3.05) is 13.8 Å². The van der Waals surface area contributed by atoms with Crippen molar-refractivity contribution in [3.63, 3.8) is 0 Å². The molecule has 0 aliphatic heterocycles. The van der Waals surface area contributed by atoms with E-state index in [1.54, 1.807) is 12.1 Å². The lowest BCUT2D eigenvalue weighted by Crippen LogP contribution is -2.12. The summed E-state index contributed by atoms with van der Waals surface area (Å²) >= 11 is 3.22. The molecular formula is C9H12BrClFNO2. The molecule has 3 nitrogen and oxygen atoms in total. The minimum absolute atomic E-state index is 0. The van der Waals surface area contributed by atoms with Crippen molar-refractivity contribution < 1.29 is 14.2 Å². The van der Waals surface area contributed by atoms with Gasteiger partial charge in [0.25, 0.3) is 0 Å². The molecule has 1 aromatic rings. The Balaban J connectivity index is 0.00000196. The number of ether oxygens (including phenoxy) is 1. The number of nitrogens with two attached hydrogens (primary N) is 1. The zero-order valence-corrected chi connectivity index (χ0v) is 10.4. The third kappa shape index (κ3) is 3.22. The highest BCUT2D eigenvalue weighted by Gasteiger charge is 2.15. The summed E-state index contributed by atoms with van der Waals surface area (Å²) in [5.74, 6) is 0.166. The third-order valence-corrected chi connectivity index (χ3v) is 2.31. The van der Waals surface area contributed by atoms with Crippen molar-refractivity contribution in [1.82, 2.24) is 0 Å². The number of hydrogen-bond donors (Lipinski definition) is 2. The van der Waals surface area contributed by atoms with E-state index in [1.165, 1.54) is 7.11 Å². The number of rotatable bonds is 3. The fourth-order valence-electron chi connectivity index (χ4n) is 1.12. The first-order chi connectivity index (χ1) is 6.60. The van der Waals surface area contributed by atoms with Crippen LogP contribution in [0.2, 0.25) is 0 Å². The summed E-state index contributed by atoms with van der Waals surface area (Å²) in [6, 6.07) is 2.33. The summed E-state index contributed by atoms with van der Waals surface area (Å²) < 4.78 is 17.9. The van der Waals surface area contributed by atoms with Gasteiger partial charge in [0.1, 0.15) is 6.67 Å². The van der Waals surface area contributed by atoms with Crippen molar-refractivity contribution in [2.45, 2.75) is 6.04 Å². The minimum Gasteiger partial charge on any atom is -0.504 e. The molecule has 0 radical (unpaired) electrons. The molecule has 0 bridgehead atoms. The molecule has 0 saturated heterocycles. The Morgan fingerprint density at radius 3 is 2.67 bits per heavy atom. The van der Waals surface area contributed by atoms with Crippen LogP contribution in [0, 0.1) is 0 Å².